The van der Waals surface area contributed by atoms with Crippen LogP contribution in [-0.2, 0) is 0 Å². The lowest BCUT2D eigenvalue weighted by molar-refractivity contribution is 0.0955. The van der Waals surface area contributed by atoms with Crippen LogP contribution < -0.4 is 5.43 Å². The second-order valence-corrected chi connectivity index (χ2v) is 3.85. The third-order valence-corrected chi connectivity index (χ3v) is 2.58. The van der Waals surface area contributed by atoms with Crippen molar-refractivity contribution in [3.8, 4) is 0 Å². The van der Waals surface area contributed by atoms with E-state index in [2.05, 4.69) is 20.5 Å². The van der Waals surface area contributed by atoms with Crippen LogP contribution in [0.5, 0.6) is 0 Å². The van der Waals surface area contributed by atoms with Crippen LogP contribution in [0.4, 0.5) is 0 Å². The van der Waals surface area contributed by atoms with Crippen LogP contribution in [0.1, 0.15) is 16.1 Å². The molecule has 6 heteroatoms. The van der Waals surface area contributed by atoms with Crippen molar-refractivity contribution in [2.45, 2.75) is 0 Å². The summed E-state index contributed by atoms with van der Waals surface area (Å²) in [6.07, 6.45) is 4.56. The number of hydrogen-bond acceptors (Lipinski definition) is 4. The first-order valence-corrected chi connectivity index (χ1v) is 5.63. The molecule has 0 atom stereocenters. The summed E-state index contributed by atoms with van der Waals surface area (Å²) in [4.78, 5) is 18.9. The van der Waals surface area contributed by atoms with Gasteiger partial charge in [0.2, 0.25) is 0 Å². The third kappa shape index (κ3) is 2.37. The molecular weight excluding hydrogens is 244 g/mol. The smallest absolute Gasteiger partial charge is 0.271 e. The van der Waals surface area contributed by atoms with Gasteiger partial charge in [-0.2, -0.15) is 5.10 Å². The van der Waals surface area contributed by atoms with Gasteiger partial charge in [0.1, 0.15) is 5.76 Å². The lowest BCUT2D eigenvalue weighted by Gasteiger charge is -1.99. The zero-order valence-electron chi connectivity index (χ0n) is 9.83. The van der Waals surface area contributed by atoms with E-state index in [4.69, 9.17) is 4.42 Å². The number of hydrazone groups is 1. The first-order valence-electron chi connectivity index (χ1n) is 5.63. The van der Waals surface area contributed by atoms with Gasteiger partial charge in [0.15, 0.2) is 0 Å². The number of fused-ring (bicyclic) bond motifs is 1. The van der Waals surface area contributed by atoms with Gasteiger partial charge in [-0.05, 0) is 30.3 Å². The van der Waals surface area contributed by atoms with Gasteiger partial charge < -0.3 is 9.40 Å². The molecule has 0 aliphatic carbocycles. The minimum Gasteiger partial charge on any atom is -0.463 e. The summed E-state index contributed by atoms with van der Waals surface area (Å²) in [5.74, 6) is 0.281. The molecule has 2 N–H and O–H groups in total. The number of rotatable bonds is 3. The Morgan fingerprint density at radius 2 is 2.37 bits per heavy atom. The van der Waals surface area contributed by atoms with Crippen LogP contribution in [0.2, 0.25) is 0 Å². The molecule has 94 valence electrons. The van der Waals surface area contributed by atoms with E-state index >= 15 is 0 Å². The highest BCUT2D eigenvalue weighted by atomic mass is 16.3. The van der Waals surface area contributed by atoms with Gasteiger partial charge in [-0.25, -0.2) is 10.4 Å². The van der Waals surface area contributed by atoms with Gasteiger partial charge >= 0.3 is 0 Å². The van der Waals surface area contributed by atoms with Crippen molar-refractivity contribution in [2.75, 3.05) is 0 Å². The summed E-state index contributed by atoms with van der Waals surface area (Å²) in [5, 5.41) is 3.81. The van der Waals surface area contributed by atoms with E-state index in [9.17, 15) is 4.79 Å². The van der Waals surface area contributed by atoms with Crippen molar-refractivity contribution in [1.82, 2.24) is 15.4 Å². The van der Waals surface area contributed by atoms with Crippen LogP contribution in [0.25, 0.3) is 11.0 Å². The van der Waals surface area contributed by atoms with E-state index in [0.717, 1.165) is 11.0 Å². The molecule has 0 aliphatic rings. The Hall–Kier alpha value is -2.89. The monoisotopic (exact) mass is 254 g/mol. The number of carbonyl (C=O) groups is 1. The largest absolute Gasteiger partial charge is 0.463 e. The minimum atomic E-state index is -0.292. The van der Waals surface area contributed by atoms with E-state index < -0.39 is 0 Å². The van der Waals surface area contributed by atoms with Crippen molar-refractivity contribution in [3.63, 3.8) is 0 Å². The molecular formula is C13H10N4O2. The topological polar surface area (TPSA) is 83.3 Å². The third-order valence-electron chi connectivity index (χ3n) is 2.58. The van der Waals surface area contributed by atoms with Crippen LogP contribution >= 0.6 is 0 Å². The predicted octanol–water partition coefficient (Wildman–Crippen LogP) is 1.92. The molecule has 3 aromatic rings. The van der Waals surface area contributed by atoms with Crippen LogP contribution in [0.3, 0.4) is 0 Å². The second kappa shape index (κ2) is 4.77. The van der Waals surface area contributed by atoms with Crippen molar-refractivity contribution >= 4 is 23.2 Å². The maximum atomic E-state index is 11.8. The summed E-state index contributed by atoms with van der Waals surface area (Å²) in [6.45, 7) is 0. The lowest BCUT2D eigenvalue weighted by Crippen LogP contribution is -2.17. The fourth-order valence-electron chi connectivity index (χ4n) is 1.66. The summed E-state index contributed by atoms with van der Waals surface area (Å²) in [5.41, 5.74) is 4.56. The molecule has 0 unspecified atom stereocenters. The van der Waals surface area contributed by atoms with Crippen LogP contribution in [0, 0.1) is 0 Å². The molecule has 2 heterocycles. The standard InChI is InChI=1S/C13H10N4O2/c18-13(17-16-7-10-2-1-5-19-10)9-3-4-11-12(6-9)15-8-14-11/h1-8H,(H,14,15)(H,17,18). The lowest BCUT2D eigenvalue weighted by atomic mass is 10.2. The summed E-state index contributed by atoms with van der Waals surface area (Å²) < 4.78 is 5.05. The number of aromatic amines is 1. The fraction of sp³-hybridized carbons (Fsp3) is 0. The molecule has 0 spiro atoms. The molecule has 0 saturated heterocycles. The summed E-state index contributed by atoms with van der Waals surface area (Å²) in [6, 6.07) is 8.68. The SMILES string of the molecule is O=C(NN=Cc1ccco1)c1ccc2nc[nH]c2c1. The molecule has 1 aromatic carbocycles. The average molecular weight is 254 g/mol. The van der Waals surface area contributed by atoms with Gasteiger partial charge in [0, 0.05) is 5.56 Å². The van der Waals surface area contributed by atoms with Gasteiger partial charge in [0.05, 0.1) is 29.8 Å². The van der Waals surface area contributed by atoms with E-state index in [1.807, 2.05) is 0 Å². The summed E-state index contributed by atoms with van der Waals surface area (Å²) in [7, 11) is 0. The Kier molecular flexibility index (Phi) is 2.82. The summed E-state index contributed by atoms with van der Waals surface area (Å²) >= 11 is 0. The highest BCUT2D eigenvalue weighted by Gasteiger charge is 2.06. The van der Waals surface area contributed by atoms with Gasteiger partial charge in [-0.15, -0.1) is 0 Å². The van der Waals surface area contributed by atoms with E-state index in [1.54, 1.807) is 36.7 Å². The molecule has 0 saturated carbocycles. The molecule has 0 radical (unpaired) electrons. The van der Waals surface area contributed by atoms with E-state index in [1.165, 1.54) is 12.5 Å². The molecule has 6 nitrogen and oxygen atoms in total. The Morgan fingerprint density at radius 3 is 3.21 bits per heavy atom. The number of carbonyl (C=O) groups excluding carboxylic acids is 1. The molecule has 0 aliphatic heterocycles. The maximum Gasteiger partial charge on any atom is 0.271 e. The normalized spacial score (nSPS) is 11.2. The molecule has 3 rings (SSSR count). The Labute approximate surface area is 108 Å². The van der Waals surface area contributed by atoms with E-state index in [0.29, 0.717) is 11.3 Å². The number of benzene rings is 1. The highest BCUT2D eigenvalue weighted by molar-refractivity contribution is 5.97. The minimum absolute atomic E-state index is 0.292. The average Bonchev–Trinajstić information content (AvgIpc) is 3.08. The Bertz CT molecular complexity index is 728. The number of furan rings is 1. The first-order chi connectivity index (χ1) is 9.33. The Balaban J connectivity index is 1.72. The van der Waals surface area contributed by atoms with Gasteiger partial charge in [0.25, 0.3) is 5.91 Å². The number of aromatic nitrogens is 2. The van der Waals surface area contributed by atoms with Crippen molar-refractivity contribution < 1.29 is 9.21 Å². The van der Waals surface area contributed by atoms with Crippen LogP contribution in [0.15, 0.2) is 52.4 Å². The van der Waals surface area contributed by atoms with Crippen LogP contribution in [-0.4, -0.2) is 22.1 Å². The Morgan fingerprint density at radius 1 is 1.42 bits per heavy atom. The molecule has 19 heavy (non-hydrogen) atoms. The molecule has 1 amide bonds. The first kappa shape index (κ1) is 11.2. The number of amides is 1. The van der Waals surface area contributed by atoms with Gasteiger partial charge in [-0.3, -0.25) is 4.79 Å². The number of H-pyrrole nitrogens is 1. The molecule has 0 bridgehead atoms. The number of imidazole rings is 1. The van der Waals surface area contributed by atoms with Crippen molar-refractivity contribution in [3.05, 3.63) is 54.2 Å². The van der Waals surface area contributed by atoms with Crippen molar-refractivity contribution in [2.24, 2.45) is 5.10 Å². The van der Waals surface area contributed by atoms with Gasteiger partial charge in [-0.1, -0.05) is 0 Å². The van der Waals surface area contributed by atoms with Crippen molar-refractivity contribution in [1.29, 1.82) is 0 Å². The molecule has 2 aromatic heterocycles. The molecule has 0 fully saturated rings. The number of nitrogens with one attached hydrogen (secondary N) is 2. The number of hydrogen-bond donors (Lipinski definition) is 2. The fourth-order valence-corrected chi connectivity index (χ4v) is 1.66. The highest BCUT2D eigenvalue weighted by Crippen LogP contribution is 2.11. The second-order valence-electron chi connectivity index (χ2n) is 3.85. The van der Waals surface area contributed by atoms with E-state index in [-0.39, 0.29) is 5.91 Å². The quantitative estimate of drug-likeness (QED) is 0.553. The maximum absolute atomic E-state index is 11.8. The number of nitrogens with zero attached hydrogens (tertiary/aromatic N) is 2. The predicted molar refractivity (Wildman–Crippen MR) is 69.9 cm³/mol. The zero-order chi connectivity index (χ0) is 13.1. The zero-order valence-corrected chi connectivity index (χ0v) is 9.83.